The summed E-state index contributed by atoms with van der Waals surface area (Å²) in [6.07, 6.45) is 6.87. The largest absolute Gasteiger partial charge is 0.490 e. The smallest absolute Gasteiger partial charge is 0.248 e. The molecule has 6 heteroatoms. The normalized spacial score (nSPS) is 24.5. The zero-order valence-corrected chi connectivity index (χ0v) is 15.9. The summed E-state index contributed by atoms with van der Waals surface area (Å²) < 4.78 is 8.14. The molecule has 2 fully saturated rings. The molecule has 0 spiro atoms. The molecular weight excluding hydrogens is 352 g/mol. The molecule has 0 saturated carbocycles. The molecule has 2 N–H and O–H groups in total. The topological polar surface area (TPSA) is 73.4 Å². The molecular formula is C22H24N4O2. The van der Waals surface area contributed by atoms with Gasteiger partial charge in [-0.25, -0.2) is 4.68 Å². The Morgan fingerprint density at radius 1 is 1.11 bits per heavy atom. The van der Waals surface area contributed by atoms with Crippen molar-refractivity contribution in [3.63, 3.8) is 0 Å². The quantitative estimate of drug-likeness (QED) is 0.759. The highest BCUT2D eigenvalue weighted by atomic mass is 16.5. The van der Waals surface area contributed by atoms with Crippen LogP contribution in [0.25, 0.3) is 16.6 Å². The summed E-state index contributed by atoms with van der Waals surface area (Å²) in [7, 11) is 2.24. The maximum atomic E-state index is 11.4. The van der Waals surface area contributed by atoms with Crippen LogP contribution in [0.15, 0.2) is 48.7 Å². The summed E-state index contributed by atoms with van der Waals surface area (Å²) in [4.78, 5) is 13.9. The first kappa shape index (κ1) is 17.3. The molecule has 3 atom stereocenters. The third-order valence-corrected chi connectivity index (χ3v) is 6.29. The SMILES string of the molecule is CN1[C@@H]2CC[C@H]1CC(Oc1ccc(-n3ncc4cc(C(N)=O)ccc43)cc1)C2. The number of nitrogens with two attached hydrogens (primary N) is 1. The van der Waals surface area contributed by atoms with E-state index in [0.29, 0.717) is 23.8 Å². The fourth-order valence-electron chi connectivity index (χ4n) is 4.71. The fourth-order valence-corrected chi connectivity index (χ4v) is 4.71. The molecule has 144 valence electrons. The van der Waals surface area contributed by atoms with Crippen molar-refractivity contribution in [2.24, 2.45) is 5.73 Å². The second kappa shape index (κ2) is 6.63. The Morgan fingerprint density at radius 2 is 1.82 bits per heavy atom. The monoisotopic (exact) mass is 376 g/mol. The summed E-state index contributed by atoms with van der Waals surface area (Å²) >= 11 is 0. The summed E-state index contributed by atoms with van der Waals surface area (Å²) in [6.45, 7) is 0. The molecule has 1 unspecified atom stereocenters. The van der Waals surface area contributed by atoms with Gasteiger partial charge in [0.05, 0.1) is 17.4 Å². The van der Waals surface area contributed by atoms with E-state index in [2.05, 4.69) is 17.0 Å². The average molecular weight is 376 g/mol. The van der Waals surface area contributed by atoms with E-state index in [0.717, 1.165) is 35.2 Å². The first-order valence-electron chi connectivity index (χ1n) is 9.85. The van der Waals surface area contributed by atoms with Gasteiger partial charge in [-0.15, -0.1) is 0 Å². The molecule has 2 saturated heterocycles. The third-order valence-electron chi connectivity index (χ3n) is 6.29. The number of fused-ring (bicyclic) bond motifs is 3. The molecule has 1 aromatic heterocycles. The first-order valence-corrected chi connectivity index (χ1v) is 9.85. The Hall–Kier alpha value is -2.86. The molecule has 2 aliphatic rings. The van der Waals surface area contributed by atoms with Crippen LogP contribution in [0.3, 0.4) is 0 Å². The third kappa shape index (κ3) is 2.94. The predicted octanol–water partition coefficient (Wildman–Crippen LogP) is 3.13. The minimum Gasteiger partial charge on any atom is -0.490 e. The maximum Gasteiger partial charge on any atom is 0.248 e. The molecule has 3 heterocycles. The average Bonchev–Trinajstić information content (AvgIpc) is 3.19. The Bertz CT molecular complexity index is 1010. The van der Waals surface area contributed by atoms with Gasteiger partial charge in [-0.05, 0) is 75.2 Å². The van der Waals surface area contributed by atoms with E-state index in [1.807, 2.05) is 35.0 Å². The zero-order valence-electron chi connectivity index (χ0n) is 15.9. The Kier molecular flexibility index (Phi) is 4.09. The van der Waals surface area contributed by atoms with Crippen LogP contribution in [0.2, 0.25) is 0 Å². The van der Waals surface area contributed by atoms with Crippen molar-refractivity contribution in [1.82, 2.24) is 14.7 Å². The van der Waals surface area contributed by atoms with Gasteiger partial charge in [-0.3, -0.25) is 4.79 Å². The molecule has 2 aromatic carbocycles. The summed E-state index contributed by atoms with van der Waals surface area (Å²) in [5.74, 6) is 0.476. The molecule has 5 rings (SSSR count). The van der Waals surface area contributed by atoms with E-state index >= 15 is 0 Å². The van der Waals surface area contributed by atoms with Crippen LogP contribution in [0.4, 0.5) is 0 Å². The van der Waals surface area contributed by atoms with Gasteiger partial charge in [0.25, 0.3) is 0 Å². The van der Waals surface area contributed by atoms with Gasteiger partial charge >= 0.3 is 0 Å². The standard InChI is InChI=1S/C22H24N4O2/c1-25-17-3-4-18(25)12-20(11-17)28-19-7-5-16(6-8-19)26-21-9-2-14(22(23)27)10-15(21)13-24-26/h2,5-10,13,17-18,20H,3-4,11-12H2,1H3,(H2,23,27)/t17-,18+,20?. The van der Waals surface area contributed by atoms with E-state index in [1.54, 1.807) is 18.3 Å². The second-order valence-electron chi connectivity index (χ2n) is 7.95. The Morgan fingerprint density at radius 3 is 2.50 bits per heavy atom. The van der Waals surface area contributed by atoms with Gasteiger partial charge < -0.3 is 15.4 Å². The van der Waals surface area contributed by atoms with Gasteiger partial charge in [0.2, 0.25) is 5.91 Å². The maximum absolute atomic E-state index is 11.4. The van der Waals surface area contributed by atoms with Gasteiger partial charge in [0.15, 0.2) is 0 Å². The molecule has 0 radical (unpaired) electrons. The van der Waals surface area contributed by atoms with Crippen molar-refractivity contribution in [3.8, 4) is 11.4 Å². The van der Waals surface area contributed by atoms with Crippen LogP contribution in [0.5, 0.6) is 5.75 Å². The number of benzene rings is 2. The molecule has 0 aliphatic carbocycles. The molecule has 2 aliphatic heterocycles. The number of hydrogen-bond donors (Lipinski definition) is 1. The van der Waals surface area contributed by atoms with E-state index in [9.17, 15) is 4.79 Å². The number of aromatic nitrogens is 2. The highest BCUT2D eigenvalue weighted by molar-refractivity contribution is 5.97. The van der Waals surface area contributed by atoms with Crippen molar-refractivity contribution in [2.75, 3.05) is 7.05 Å². The van der Waals surface area contributed by atoms with Crippen molar-refractivity contribution < 1.29 is 9.53 Å². The predicted molar refractivity (Wildman–Crippen MR) is 108 cm³/mol. The molecule has 3 aromatic rings. The molecule has 2 bridgehead atoms. The van der Waals surface area contributed by atoms with Crippen LogP contribution in [-0.2, 0) is 0 Å². The van der Waals surface area contributed by atoms with Gasteiger partial charge in [0, 0.05) is 23.0 Å². The lowest BCUT2D eigenvalue weighted by atomic mass is 10.0. The van der Waals surface area contributed by atoms with E-state index in [-0.39, 0.29) is 0 Å². The van der Waals surface area contributed by atoms with Crippen LogP contribution < -0.4 is 10.5 Å². The van der Waals surface area contributed by atoms with E-state index in [1.165, 1.54) is 12.8 Å². The first-order chi connectivity index (χ1) is 13.6. The summed E-state index contributed by atoms with van der Waals surface area (Å²) in [5, 5.41) is 5.35. The highest BCUT2D eigenvalue weighted by Gasteiger charge is 2.39. The Balaban J connectivity index is 1.34. The van der Waals surface area contributed by atoms with Gasteiger partial charge in [0.1, 0.15) is 11.9 Å². The Labute approximate surface area is 163 Å². The highest BCUT2D eigenvalue weighted by Crippen LogP contribution is 2.36. The molecule has 1 amide bonds. The van der Waals surface area contributed by atoms with Crippen molar-refractivity contribution in [3.05, 3.63) is 54.2 Å². The number of hydrogen-bond acceptors (Lipinski definition) is 4. The number of primary amides is 1. The number of carbonyl (C=O) groups excluding carboxylic acids is 1. The minimum atomic E-state index is -0.432. The minimum absolute atomic E-state index is 0.303. The lowest BCUT2D eigenvalue weighted by Crippen LogP contribution is -2.43. The van der Waals surface area contributed by atoms with Crippen molar-refractivity contribution in [1.29, 1.82) is 0 Å². The number of nitrogens with zero attached hydrogens (tertiary/aromatic N) is 3. The van der Waals surface area contributed by atoms with Gasteiger partial charge in [-0.2, -0.15) is 5.10 Å². The number of piperidine rings is 1. The van der Waals surface area contributed by atoms with Gasteiger partial charge in [-0.1, -0.05) is 0 Å². The second-order valence-corrected chi connectivity index (χ2v) is 7.95. The van der Waals surface area contributed by atoms with Crippen LogP contribution in [0, 0.1) is 0 Å². The van der Waals surface area contributed by atoms with Crippen LogP contribution >= 0.6 is 0 Å². The zero-order chi connectivity index (χ0) is 19.3. The summed E-state index contributed by atoms with van der Waals surface area (Å²) in [5.41, 5.74) is 7.74. The molecule has 28 heavy (non-hydrogen) atoms. The lowest BCUT2D eigenvalue weighted by molar-refractivity contribution is 0.0661. The summed E-state index contributed by atoms with van der Waals surface area (Å²) in [6, 6.07) is 14.8. The number of ether oxygens (including phenoxy) is 1. The number of carbonyl (C=O) groups is 1. The van der Waals surface area contributed by atoms with Crippen molar-refractivity contribution in [2.45, 2.75) is 43.9 Å². The lowest BCUT2D eigenvalue weighted by Gasteiger charge is -2.36. The number of amides is 1. The van der Waals surface area contributed by atoms with Crippen LogP contribution in [0.1, 0.15) is 36.0 Å². The molecule has 6 nitrogen and oxygen atoms in total. The van der Waals surface area contributed by atoms with E-state index in [4.69, 9.17) is 10.5 Å². The van der Waals surface area contributed by atoms with Crippen molar-refractivity contribution >= 4 is 16.8 Å². The fraction of sp³-hybridized carbons (Fsp3) is 0.364. The number of rotatable bonds is 4. The van der Waals surface area contributed by atoms with Crippen LogP contribution in [-0.4, -0.2) is 45.8 Å². The van der Waals surface area contributed by atoms with E-state index < -0.39 is 5.91 Å².